The fourth-order valence-corrected chi connectivity index (χ4v) is 5.87. The second-order valence-electron chi connectivity index (χ2n) is 9.80. The van der Waals surface area contributed by atoms with Crippen molar-refractivity contribution in [2.24, 2.45) is 5.92 Å². The van der Waals surface area contributed by atoms with Gasteiger partial charge in [-0.2, -0.15) is 0 Å². The first-order chi connectivity index (χ1) is 14.4. The van der Waals surface area contributed by atoms with Crippen LogP contribution in [0.25, 0.3) is 5.57 Å². The molecule has 0 fully saturated rings. The van der Waals surface area contributed by atoms with E-state index in [4.69, 9.17) is 0 Å². The van der Waals surface area contributed by atoms with Crippen LogP contribution in [0.5, 0.6) is 0 Å². The number of carbonyl (C=O) groups is 1. The Bertz CT molecular complexity index is 1200. The molecule has 4 rings (SSSR count). The van der Waals surface area contributed by atoms with Crippen LogP contribution in [0.3, 0.4) is 0 Å². The third kappa shape index (κ3) is 2.72. The molecule has 0 amide bonds. The Morgan fingerprint density at radius 2 is 1.13 bits per heavy atom. The van der Waals surface area contributed by atoms with Gasteiger partial charge in [0.05, 0.1) is 18.1 Å². The van der Waals surface area contributed by atoms with Crippen LogP contribution in [-0.4, -0.2) is 16.9 Å². The van der Waals surface area contributed by atoms with Crippen LogP contribution in [0.15, 0.2) is 5.57 Å². The molecular formula is C28H35NO2. The van der Waals surface area contributed by atoms with Gasteiger partial charge in [-0.25, -0.2) is 0 Å². The van der Waals surface area contributed by atoms with E-state index >= 15 is 0 Å². The lowest BCUT2D eigenvalue weighted by Gasteiger charge is -2.37. The second kappa shape index (κ2) is 7.06. The molecule has 3 atom stereocenters. The third-order valence-electron chi connectivity index (χ3n) is 8.70. The SMILES string of the molecule is CC1=C(C)C(C2C(=O)c3c(C)c(C)c(C)c(C)c3C2O)Nc2c(C)c(C)c(C)c(C)c21. The average Bonchev–Trinajstić information content (AvgIpc) is 2.99. The highest BCUT2D eigenvalue weighted by Gasteiger charge is 2.47. The van der Waals surface area contributed by atoms with E-state index < -0.39 is 12.0 Å². The molecule has 0 spiro atoms. The van der Waals surface area contributed by atoms with E-state index in [1.165, 1.54) is 39.0 Å². The van der Waals surface area contributed by atoms with E-state index in [1.807, 2.05) is 13.8 Å². The number of nitrogens with one attached hydrogen (secondary N) is 1. The minimum Gasteiger partial charge on any atom is -0.388 e. The summed E-state index contributed by atoms with van der Waals surface area (Å²) in [5, 5.41) is 15.2. The zero-order valence-electron chi connectivity index (χ0n) is 20.6. The van der Waals surface area contributed by atoms with Crippen molar-refractivity contribution in [3.63, 3.8) is 0 Å². The van der Waals surface area contributed by atoms with Gasteiger partial charge < -0.3 is 10.4 Å². The topological polar surface area (TPSA) is 49.3 Å². The zero-order valence-corrected chi connectivity index (χ0v) is 20.6. The van der Waals surface area contributed by atoms with Gasteiger partial charge >= 0.3 is 0 Å². The van der Waals surface area contributed by atoms with Gasteiger partial charge in [-0.15, -0.1) is 0 Å². The van der Waals surface area contributed by atoms with Gasteiger partial charge in [0, 0.05) is 16.8 Å². The minimum absolute atomic E-state index is 0.0671. The Balaban J connectivity index is 1.90. The molecular weight excluding hydrogens is 382 g/mol. The summed E-state index contributed by atoms with van der Waals surface area (Å²) in [7, 11) is 0. The Morgan fingerprint density at radius 3 is 1.71 bits per heavy atom. The maximum atomic E-state index is 13.8. The van der Waals surface area contributed by atoms with Crippen LogP contribution in [0.4, 0.5) is 5.69 Å². The number of Topliss-reactive ketones (excluding diaryl/α,β-unsaturated/α-hetero) is 1. The summed E-state index contributed by atoms with van der Waals surface area (Å²) in [6.45, 7) is 21.2. The highest BCUT2D eigenvalue weighted by molar-refractivity contribution is 6.06. The Hall–Kier alpha value is -2.39. The Kier molecular flexibility index (Phi) is 4.97. The maximum absolute atomic E-state index is 13.8. The van der Waals surface area contributed by atoms with Crippen LogP contribution in [0.1, 0.15) is 85.9 Å². The summed E-state index contributed by atoms with van der Waals surface area (Å²) in [5.41, 5.74) is 15.8. The minimum atomic E-state index is -0.796. The van der Waals surface area contributed by atoms with Crippen molar-refractivity contribution in [1.82, 2.24) is 0 Å². The Morgan fingerprint density at radius 1 is 0.645 bits per heavy atom. The molecule has 0 saturated carbocycles. The molecule has 2 aliphatic rings. The molecule has 31 heavy (non-hydrogen) atoms. The normalized spacial score (nSPS) is 22.5. The molecule has 3 unspecified atom stereocenters. The number of aliphatic hydroxyl groups excluding tert-OH is 1. The monoisotopic (exact) mass is 417 g/mol. The molecule has 164 valence electrons. The van der Waals surface area contributed by atoms with Crippen LogP contribution < -0.4 is 5.32 Å². The molecule has 1 aliphatic carbocycles. The summed E-state index contributed by atoms with van der Waals surface area (Å²) in [6, 6.07) is -0.220. The molecule has 0 bridgehead atoms. The lowest BCUT2D eigenvalue weighted by molar-refractivity contribution is 0.0736. The molecule has 2 N–H and O–H groups in total. The number of hydrogen-bond acceptors (Lipinski definition) is 3. The lowest BCUT2D eigenvalue weighted by Crippen LogP contribution is -2.39. The fourth-order valence-electron chi connectivity index (χ4n) is 5.87. The first kappa shape index (κ1) is 21.8. The van der Waals surface area contributed by atoms with Gasteiger partial charge in [-0.1, -0.05) is 0 Å². The summed E-state index contributed by atoms with van der Waals surface area (Å²) in [6.07, 6.45) is -0.796. The standard InChI is InChI=1S/C28H35NO2/c1-11-12(2)17(7)23-22(16(11)6)27(30)24(28(23)31)26-20(10)18(8)21-15(5)13(3)14(4)19(9)25(21)29-26/h24,26-27,29-30H,1-10H3. The molecule has 2 aromatic carbocycles. The van der Waals surface area contributed by atoms with Crippen molar-refractivity contribution in [2.45, 2.75) is 81.4 Å². The van der Waals surface area contributed by atoms with Crippen molar-refractivity contribution in [3.8, 4) is 0 Å². The second-order valence-corrected chi connectivity index (χ2v) is 9.80. The van der Waals surface area contributed by atoms with E-state index in [1.54, 1.807) is 0 Å². The molecule has 0 aromatic heterocycles. The van der Waals surface area contributed by atoms with Crippen molar-refractivity contribution in [1.29, 1.82) is 0 Å². The van der Waals surface area contributed by atoms with Crippen LogP contribution in [-0.2, 0) is 0 Å². The highest BCUT2D eigenvalue weighted by atomic mass is 16.3. The largest absolute Gasteiger partial charge is 0.388 e. The van der Waals surface area contributed by atoms with Crippen molar-refractivity contribution < 1.29 is 9.90 Å². The summed E-state index contributed by atoms with van der Waals surface area (Å²) < 4.78 is 0. The van der Waals surface area contributed by atoms with Crippen molar-refractivity contribution >= 4 is 17.0 Å². The van der Waals surface area contributed by atoms with E-state index in [0.717, 1.165) is 39.1 Å². The average molecular weight is 418 g/mol. The fraction of sp³-hybridized carbons (Fsp3) is 0.464. The van der Waals surface area contributed by atoms with E-state index in [0.29, 0.717) is 0 Å². The molecule has 2 aromatic rings. The predicted molar refractivity (Wildman–Crippen MR) is 129 cm³/mol. The first-order valence-electron chi connectivity index (χ1n) is 11.3. The highest BCUT2D eigenvalue weighted by Crippen LogP contribution is 2.49. The first-order valence-corrected chi connectivity index (χ1v) is 11.3. The molecule has 3 nitrogen and oxygen atoms in total. The smallest absolute Gasteiger partial charge is 0.171 e. The molecule has 0 radical (unpaired) electrons. The summed E-state index contributed by atoms with van der Waals surface area (Å²) in [4.78, 5) is 13.8. The predicted octanol–water partition coefficient (Wildman–Crippen LogP) is 6.29. The van der Waals surface area contributed by atoms with E-state index in [2.05, 4.69) is 60.7 Å². The number of rotatable bonds is 1. The third-order valence-corrected chi connectivity index (χ3v) is 8.70. The van der Waals surface area contributed by atoms with Crippen molar-refractivity contribution in [2.75, 3.05) is 5.32 Å². The number of ketones is 1. The van der Waals surface area contributed by atoms with E-state index in [-0.39, 0.29) is 11.8 Å². The number of aliphatic hydroxyl groups is 1. The van der Waals surface area contributed by atoms with Crippen LogP contribution in [0, 0.1) is 61.3 Å². The summed E-state index contributed by atoms with van der Waals surface area (Å²) in [5.74, 6) is -0.449. The summed E-state index contributed by atoms with van der Waals surface area (Å²) >= 11 is 0. The lowest BCUT2D eigenvalue weighted by atomic mass is 9.78. The number of hydrogen-bond donors (Lipinski definition) is 2. The zero-order chi connectivity index (χ0) is 23.1. The number of fused-ring (bicyclic) bond motifs is 2. The van der Waals surface area contributed by atoms with E-state index in [9.17, 15) is 9.90 Å². The number of anilines is 1. The molecule has 3 heteroatoms. The molecule has 1 heterocycles. The Labute approximate surface area is 186 Å². The molecule has 0 saturated heterocycles. The van der Waals surface area contributed by atoms with Gasteiger partial charge in [-0.05, 0) is 130 Å². The van der Waals surface area contributed by atoms with Gasteiger partial charge in [0.25, 0.3) is 0 Å². The molecule has 1 aliphatic heterocycles. The van der Waals surface area contributed by atoms with Gasteiger partial charge in [0.2, 0.25) is 0 Å². The quantitative estimate of drug-likeness (QED) is 0.573. The van der Waals surface area contributed by atoms with Crippen molar-refractivity contribution in [3.05, 3.63) is 66.8 Å². The van der Waals surface area contributed by atoms with Crippen LogP contribution in [0.2, 0.25) is 0 Å². The van der Waals surface area contributed by atoms with Crippen LogP contribution >= 0.6 is 0 Å². The maximum Gasteiger partial charge on any atom is 0.171 e. The number of allylic oxidation sites excluding steroid dienone is 1. The number of benzene rings is 2. The number of carbonyl (C=O) groups excluding carboxylic acids is 1. The van der Waals surface area contributed by atoms with Gasteiger partial charge in [-0.3, -0.25) is 4.79 Å². The van der Waals surface area contributed by atoms with Gasteiger partial charge in [0.15, 0.2) is 5.78 Å². The van der Waals surface area contributed by atoms with Gasteiger partial charge in [0.1, 0.15) is 0 Å².